The Morgan fingerprint density at radius 2 is 1.52 bits per heavy atom. The number of aliphatic imine (C=N–C) groups is 1. The molecule has 0 unspecified atom stereocenters. The van der Waals surface area contributed by atoms with Crippen molar-refractivity contribution in [1.82, 2.24) is 41.4 Å². The Morgan fingerprint density at radius 1 is 0.791 bits per heavy atom. The van der Waals surface area contributed by atoms with Gasteiger partial charge in [0.05, 0.1) is 36.3 Å². The predicted molar refractivity (Wildman–Crippen MR) is 334 cm³/mol. The summed E-state index contributed by atoms with van der Waals surface area (Å²) >= 11 is 0. The molecular weight excluding hydrogens is 1180 g/mol. The number of aromatic nitrogens is 1. The number of imide groups is 1. The molecule has 0 bridgehead atoms. The lowest BCUT2D eigenvalue weighted by Crippen LogP contribution is -2.54. The van der Waals surface area contributed by atoms with Crippen molar-refractivity contribution in [2.75, 3.05) is 54.8 Å². The van der Waals surface area contributed by atoms with E-state index < -0.39 is 96.4 Å². The number of anilines is 3. The maximum absolute atomic E-state index is 14.0. The number of ether oxygens (including phenoxy) is 1. The van der Waals surface area contributed by atoms with Crippen molar-refractivity contribution in [2.45, 2.75) is 104 Å². The topological polar surface area (TPSA) is 406 Å². The first-order valence-electron chi connectivity index (χ1n) is 29.7. The number of carboxylic acids is 1. The number of hydrogen-bond acceptors (Lipinski definition) is 16. The molecule has 3 aliphatic heterocycles. The second-order valence-electron chi connectivity index (χ2n) is 22.0. The first-order chi connectivity index (χ1) is 43.5. The summed E-state index contributed by atoms with van der Waals surface area (Å²) in [7, 11) is 0. The average Bonchev–Trinajstić information content (AvgIpc) is 2.01. The zero-order valence-electron chi connectivity index (χ0n) is 50.9. The van der Waals surface area contributed by atoms with Gasteiger partial charge >= 0.3 is 18.1 Å². The van der Waals surface area contributed by atoms with E-state index in [1.165, 1.54) is 23.1 Å². The first-order valence-corrected chi connectivity index (χ1v) is 29.7. The first kappa shape index (κ1) is 67.7. The van der Waals surface area contributed by atoms with Crippen LogP contribution in [0.3, 0.4) is 0 Å². The van der Waals surface area contributed by atoms with Gasteiger partial charge in [0, 0.05) is 91.2 Å². The minimum absolute atomic E-state index is 0.0219. The predicted octanol–water partition coefficient (Wildman–Crippen LogP) is 3.46. The van der Waals surface area contributed by atoms with E-state index in [0.29, 0.717) is 70.9 Å². The summed E-state index contributed by atoms with van der Waals surface area (Å²) in [4.78, 5) is 168. The van der Waals surface area contributed by atoms with Crippen molar-refractivity contribution < 1.29 is 67.4 Å². The van der Waals surface area contributed by atoms with Gasteiger partial charge in [-0.15, -0.1) is 0 Å². The molecule has 91 heavy (non-hydrogen) atoms. The van der Waals surface area contributed by atoms with Crippen molar-refractivity contribution in [3.8, 4) is 0 Å². The monoisotopic (exact) mass is 1250 g/mol. The van der Waals surface area contributed by atoms with Crippen LogP contribution in [-0.2, 0) is 69.1 Å². The Morgan fingerprint density at radius 3 is 2.20 bits per heavy atom. The number of urea groups is 1. The van der Waals surface area contributed by atoms with Crippen molar-refractivity contribution in [1.29, 1.82) is 0 Å². The van der Waals surface area contributed by atoms with Crippen LogP contribution in [0.1, 0.15) is 115 Å². The Balaban J connectivity index is 0.925. The van der Waals surface area contributed by atoms with E-state index in [1.54, 1.807) is 74.7 Å². The molecule has 1 aromatic heterocycles. The van der Waals surface area contributed by atoms with Crippen LogP contribution in [0, 0.1) is 5.92 Å². The highest BCUT2D eigenvalue weighted by Gasteiger charge is 2.31. The van der Waals surface area contributed by atoms with Crippen molar-refractivity contribution >= 4 is 106 Å². The number of benzene rings is 3. The molecule has 0 saturated heterocycles. The fraction of sp³-hybridized carbons (Fsp3) is 0.365. The molecule has 3 aliphatic rings. The van der Waals surface area contributed by atoms with Gasteiger partial charge in [-0.25, -0.2) is 19.5 Å². The number of aryl methyl sites for hydroxylation is 1. The van der Waals surface area contributed by atoms with Crippen LogP contribution in [0.15, 0.2) is 95.6 Å². The molecule has 480 valence electrons. The maximum Gasteiger partial charge on any atom is 0.410 e. The Labute approximate surface area is 524 Å². The number of hydrogen-bond donors (Lipinski definition) is 10. The second-order valence-corrected chi connectivity index (χ2v) is 22.0. The van der Waals surface area contributed by atoms with Gasteiger partial charge in [0.15, 0.2) is 0 Å². The fourth-order valence-electron chi connectivity index (χ4n) is 10.1. The molecule has 7 rings (SSSR count). The third-order valence-electron chi connectivity index (χ3n) is 14.7. The van der Waals surface area contributed by atoms with Crippen LogP contribution < -0.4 is 53.6 Å². The summed E-state index contributed by atoms with van der Waals surface area (Å²) < 4.78 is 5.69. The van der Waals surface area contributed by atoms with Crippen molar-refractivity contribution in [2.24, 2.45) is 22.4 Å². The van der Waals surface area contributed by atoms with E-state index >= 15 is 0 Å². The number of primary amides is 1. The zero-order valence-corrected chi connectivity index (χ0v) is 50.9. The summed E-state index contributed by atoms with van der Waals surface area (Å²) in [5.74, 6) is -7.07. The van der Waals surface area contributed by atoms with Gasteiger partial charge in [-0.3, -0.25) is 52.9 Å². The lowest BCUT2D eigenvalue weighted by atomic mass is 9.99. The number of carbonyl (C=O) groups is 12. The van der Waals surface area contributed by atoms with E-state index in [0.717, 1.165) is 35.6 Å². The number of aliphatic carboxylic acids is 1. The Bertz CT molecular complexity index is 3560. The van der Waals surface area contributed by atoms with Crippen molar-refractivity contribution in [3.63, 3.8) is 0 Å². The highest BCUT2D eigenvalue weighted by molar-refractivity contribution is 6.28. The molecule has 0 spiro atoms. The van der Waals surface area contributed by atoms with Crippen LogP contribution in [-0.4, -0.2) is 148 Å². The van der Waals surface area contributed by atoms with Gasteiger partial charge in [0.1, 0.15) is 31.1 Å². The number of nitrogens with one attached hydrogen (secondary N) is 7. The smallest absolute Gasteiger partial charge is 0.410 e. The van der Waals surface area contributed by atoms with Gasteiger partial charge in [-0.1, -0.05) is 52.0 Å². The quantitative estimate of drug-likeness (QED) is 0.0287. The number of amidine groups is 1. The van der Waals surface area contributed by atoms with Crippen LogP contribution in [0.5, 0.6) is 0 Å². The number of carboxylic acid groups (broad SMARTS) is 1. The lowest BCUT2D eigenvalue weighted by Gasteiger charge is -2.28. The number of pyridine rings is 1. The van der Waals surface area contributed by atoms with E-state index in [1.807, 2.05) is 18.7 Å². The molecule has 4 heterocycles. The summed E-state index contributed by atoms with van der Waals surface area (Å²) in [6.07, 6.45) is 6.89. The number of amides is 12. The molecule has 12 N–H and O–H groups in total. The van der Waals surface area contributed by atoms with E-state index in [2.05, 4.69) is 47.2 Å². The molecule has 28 nitrogen and oxygen atoms in total. The Hall–Kier alpha value is -10.8. The standard InChI is InChI=1S/C63H74N14O14/c1-5-23-75(24-6-2)61(88)41-26-39-11-12-40(28-49(39)72-50(64)29-41)57(84)71-44-27-42-34-76(25-21-47(42)67-31-44)63(90)91-35-37-9-15-43(16-10-37)70-59(86)48(8-7-22-66-62(65)89)73-60(87)56(36(3)4)74-51(78)18-14-38-13-17-45(77-53(80)19-20-54(77)81)30-46(38)58(85)69-32-52(79)68-33-55(82)83/h9-13,15-17,19-20,26-28,30-31,36,48,56H,5-8,14,18,21-25,29,32-35H2,1-4H3,(H2,64,72)(H,68,79)(H,69,85)(H,70,86)(H,71,84)(H,73,87)(H,74,78)(H,82,83)(H3,65,66,89)/t48-,56-/m0/s1. The molecule has 0 aliphatic carbocycles. The number of carbonyl (C=O) groups excluding carboxylic acids is 11. The maximum atomic E-state index is 14.0. The van der Waals surface area contributed by atoms with Crippen molar-refractivity contribution in [3.05, 3.63) is 130 Å². The van der Waals surface area contributed by atoms with E-state index in [4.69, 9.17) is 21.3 Å². The van der Waals surface area contributed by atoms with E-state index in [9.17, 15) is 57.5 Å². The average molecular weight is 1250 g/mol. The van der Waals surface area contributed by atoms with Gasteiger partial charge in [-0.05, 0) is 103 Å². The minimum atomic E-state index is -1.31. The number of fused-ring (bicyclic) bond motifs is 2. The summed E-state index contributed by atoms with van der Waals surface area (Å²) in [6.45, 7) is 7.72. The zero-order chi connectivity index (χ0) is 65.9. The highest BCUT2D eigenvalue weighted by atomic mass is 16.6. The van der Waals surface area contributed by atoms with Crippen LogP contribution in [0.25, 0.3) is 6.08 Å². The molecule has 3 aromatic carbocycles. The molecule has 0 saturated carbocycles. The molecule has 4 aromatic rings. The second kappa shape index (κ2) is 31.9. The molecule has 12 amide bonds. The molecule has 0 radical (unpaired) electrons. The van der Waals surface area contributed by atoms with Crippen LogP contribution in [0.4, 0.5) is 32.3 Å². The number of nitrogens with two attached hydrogens (primary N) is 2. The SMILES string of the molecule is CCCN(CCC)C(=O)C1=Cc2ccc(C(=O)Nc3cnc4c(c3)CN(C(=O)OCc3ccc(NC(=O)[C@H](CCCNC(N)=O)NC(=O)[C@@H](NC(=O)CCc5ccc(N6C(=O)C=CC6=O)cc5C(=O)NCC(=O)NCC(=O)O)C(C)C)cc3)CC4)cc2N=C(N)C1. The lowest BCUT2D eigenvalue weighted by molar-refractivity contribution is -0.137. The molecule has 2 atom stereocenters. The van der Waals surface area contributed by atoms with E-state index in [-0.39, 0.29) is 80.4 Å². The van der Waals surface area contributed by atoms with Gasteiger partial charge in [0.25, 0.3) is 23.6 Å². The van der Waals surface area contributed by atoms with Crippen LogP contribution >= 0.6 is 0 Å². The third-order valence-corrected chi connectivity index (χ3v) is 14.7. The summed E-state index contributed by atoms with van der Waals surface area (Å²) in [5.41, 5.74) is 16.4. The summed E-state index contributed by atoms with van der Waals surface area (Å²) in [6, 6.07) is 14.1. The van der Waals surface area contributed by atoms with Gasteiger partial charge < -0.3 is 68.3 Å². The normalized spacial score (nSPS) is 13.9. The highest BCUT2D eigenvalue weighted by Crippen LogP contribution is 2.30. The van der Waals surface area contributed by atoms with Gasteiger partial charge in [-0.2, -0.15) is 0 Å². The summed E-state index contributed by atoms with van der Waals surface area (Å²) in [5, 5.41) is 26.9. The molecule has 0 fully saturated rings. The number of nitrogens with zero attached hydrogens (tertiary/aromatic N) is 5. The van der Waals surface area contributed by atoms with Gasteiger partial charge in [0.2, 0.25) is 29.5 Å². The minimum Gasteiger partial charge on any atom is -0.480 e. The van der Waals surface area contributed by atoms with Crippen LogP contribution in [0.2, 0.25) is 0 Å². The largest absolute Gasteiger partial charge is 0.480 e. The molecule has 28 heteroatoms. The molecular formula is C63H74N14O14. The fourth-order valence-corrected chi connectivity index (χ4v) is 10.1. The third kappa shape index (κ3) is 19.1. The number of rotatable bonds is 28. The Kier molecular flexibility index (Phi) is 23.7.